The Morgan fingerprint density at radius 3 is 1.18 bits per heavy atom. The fourth-order valence-electron chi connectivity index (χ4n) is 9.15. The lowest BCUT2D eigenvalue weighted by molar-refractivity contribution is 0.643. The summed E-state index contributed by atoms with van der Waals surface area (Å²) >= 11 is 3.74. The van der Waals surface area contributed by atoms with E-state index in [0.717, 1.165) is 0 Å². The van der Waals surface area contributed by atoms with E-state index in [4.69, 9.17) is 0 Å². The van der Waals surface area contributed by atoms with Crippen LogP contribution in [0, 0.1) is 0 Å². The Balaban J connectivity index is 1.01. The molecule has 12 aromatic rings. The minimum absolute atomic E-state index is 0.238. The number of para-hydroxylation sites is 2. The Morgan fingerprint density at radius 2 is 0.709 bits per heavy atom. The Hall–Kier alpha value is -6.20. The third-order valence-electron chi connectivity index (χ3n) is 12.0. The van der Waals surface area contributed by atoms with Crippen molar-refractivity contribution in [3.8, 4) is 11.4 Å². The first-order chi connectivity index (χ1) is 27.0. The van der Waals surface area contributed by atoms with Crippen molar-refractivity contribution < 1.29 is 0 Å². The average Bonchev–Trinajstić information content (AvgIpc) is 3.97. The van der Waals surface area contributed by atoms with E-state index in [1.165, 1.54) is 106 Å². The van der Waals surface area contributed by atoms with Gasteiger partial charge in [-0.1, -0.05) is 98.8 Å². The van der Waals surface area contributed by atoms with Gasteiger partial charge in [0.15, 0.2) is 0 Å². The highest BCUT2D eigenvalue weighted by atomic mass is 32.1. The molecule has 0 atom stereocenters. The van der Waals surface area contributed by atoms with Gasteiger partial charge in [-0.25, -0.2) is 0 Å². The summed E-state index contributed by atoms with van der Waals surface area (Å²) in [7, 11) is 0. The summed E-state index contributed by atoms with van der Waals surface area (Å²) < 4.78 is 10.2. The van der Waals surface area contributed by atoms with Crippen LogP contribution in [0.4, 0.5) is 0 Å². The van der Waals surface area contributed by atoms with Crippen molar-refractivity contribution >= 4 is 107 Å². The Kier molecular flexibility index (Phi) is 6.47. The fourth-order valence-corrected chi connectivity index (χ4v) is 11.3. The van der Waals surface area contributed by atoms with E-state index < -0.39 is 0 Å². The average molecular weight is 739 g/mol. The summed E-state index contributed by atoms with van der Waals surface area (Å²) in [6.07, 6.45) is 0. The maximum atomic E-state index is 2.45. The first kappa shape index (κ1) is 31.2. The molecule has 2 nitrogen and oxygen atoms in total. The highest BCUT2D eigenvalue weighted by molar-refractivity contribution is 7.26. The molecule has 0 radical (unpaired) electrons. The zero-order valence-electron chi connectivity index (χ0n) is 30.4. The molecule has 0 fully saturated rings. The summed E-state index contributed by atoms with van der Waals surface area (Å²) in [4.78, 5) is 0. The van der Waals surface area contributed by atoms with Gasteiger partial charge >= 0.3 is 0 Å². The molecule has 0 spiro atoms. The smallest absolute Gasteiger partial charge is 0.0541 e. The molecule has 0 N–H and O–H groups in total. The van der Waals surface area contributed by atoms with Crippen molar-refractivity contribution in [1.29, 1.82) is 0 Å². The van der Waals surface area contributed by atoms with Gasteiger partial charge in [-0.15, -0.1) is 22.7 Å². The van der Waals surface area contributed by atoms with Crippen LogP contribution in [0.1, 0.15) is 25.0 Å². The zero-order chi connectivity index (χ0) is 36.4. The fraction of sp³-hybridized carbons (Fsp3) is 0.0588. The molecule has 4 heterocycles. The van der Waals surface area contributed by atoms with E-state index in [9.17, 15) is 0 Å². The third-order valence-corrected chi connectivity index (χ3v) is 14.3. The third kappa shape index (κ3) is 4.47. The normalized spacial score (nSPS) is 12.5. The molecular weight excluding hydrogens is 705 g/mol. The van der Waals surface area contributed by atoms with Crippen molar-refractivity contribution in [1.82, 2.24) is 9.13 Å². The monoisotopic (exact) mass is 738 g/mol. The maximum Gasteiger partial charge on any atom is 0.0541 e. The van der Waals surface area contributed by atoms with Crippen molar-refractivity contribution in [2.75, 3.05) is 0 Å². The van der Waals surface area contributed by atoms with Gasteiger partial charge in [0, 0.05) is 78.7 Å². The number of fused-ring (bicyclic) bond motifs is 12. The Labute approximate surface area is 325 Å². The minimum Gasteiger partial charge on any atom is -0.309 e. The summed E-state index contributed by atoms with van der Waals surface area (Å²) in [6.45, 7) is 4.75. The maximum absolute atomic E-state index is 2.45. The Bertz CT molecular complexity index is 3300. The number of nitrogens with zero attached hydrogens (tertiary/aromatic N) is 2. The second-order valence-electron chi connectivity index (χ2n) is 15.4. The lowest BCUT2D eigenvalue weighted by Crippen LogP contribution is -2.18. The van der Waals surface area contributed by atoms with Gasteiger partial charge in [-0.3, -0.25) is 0 Å². The van der Waals surface area contributed by atoms with Crippen LogP contribution in [0.15, 0.2) is 170 Å². The van der Waals surface area contributed by atoms with Gasteiger partial charge in [-0.05, 0) is 96.1 Å². The number of thiophene rings is 2. The number of hydrogen-bond acceptors (Lipinski definition) is 2. The van der Waals surface area contributed by atoms with Crippen molar-refractivity contribution in [2.45, 2.75) is 19.3 Å². The summed E-state index contributed by atoms with van der Waals surface area (Å²) in [5, 5.41) is 10.4. The van der Waals surface area contributed by atoms with Crippen LogP contribution in [0.25, 0.3) is 95.3 Å². The molecule has 0 saturated carbocycles. The van der Waals surface area contributed by atoms with Crippen molar-refractivity contribution in [2.24, 2.45) is 0 Å². The molecule has 0 bridgehead atoms. The van der Waals surface area contributed by atoms with Gasteiger partial charge in [0.1, 0.15) is 0 Å². The van der Waals surface area contributed by atoms with Crippen LogP contribution < -0.4 is 0 Å². The predicted octanol–water partition coefficient (Wildman–Crippen LogP) is 14.9. The largest absolute Gasteiger partial charge is 0.309 e. The summed E-state index contributed by atoms with van der Waals surface area (Å²) in [5.41, 5.74) is 9.69. The number of rotatable bonds is 4. The highest BCUT2D eigenvalue weighted by Gasteiger charge is 2.26. The second kappa shape index (κ2) is 11.4. The number of benzene rings is 8. The number of hydrogen-bond donors (Lipinski definition) is 0. The van der Waals surface area contributed by atoms with E-state index >= 15 is 0 Å². The SMILES string of the molecule is CC(C)(c1ccc2c(c1)c1ccccc1n2-c1ccc2sc3ccccc3c2c1)c1ccc2c(c1)c1ccccc1n2-c1ccc2sc3ccccc3c2c1. The van der Waals surface area contributed by atoms with E-state index in [1.807, 2.05) is 22.7 Å². The van der Waals surface area contributed by atoms with Gasteiger partial charge in [0.2, 0.25) is 0 Å². The minimum atomic E-state index is -0.238. The van der Waals surface area contributed by atoms with Crippen LogP contribution in [-0.4, -0.2) is 9.13 Å². The van der Waals surface area contributed by atoms with Crippen LogP contribution in [-0.2, 0) is 5.41 Å². The molecule has 0 aliphatic rings. The molecule has 8 aromatic carbocycles. The highest BCUT2D eigenvalue weighted by Crippen LogP contribution is 2.43. The molecule has 260 valence electrons. The predicted molar refractivity (Wildman–Crippen MR) is 239 cm³/mol. The summed E-state index contributed by atoms with van der Waals surface area (Å²) in [6, 6.07) is 63.5. The van der Waals surface area contributed by atoms with E-state index in [0.29, 0.717) is 0 Å². The molecule has 0 amide bonds. The van der Waals surface area contributed by atoms with Gasteiger partial charge in [0.25, 0.3) is 0 Å². The molecule has 12 rings (SSSR count). The van der Waals surface area contributed by atoms with Crippen molar-refractivity contribution in [3.05, 3.63) is 181 Å². The lowest BCUT2D eigenvalue weighted by Gasteiger charge is -2.27. The van der Waals surface area contributed by atoms with Crippen LogP contribution >= 0.6 is 22.7 Å². The first-order valence-electron chi connectivity index (χ1n) is 18.9. The lowest BCUT2D eigenvalue weighted by atomic mass is 9.77. The first-order valence-corrected chi connectivity index (χ1v) is 20.6. The van der Waals surface area contributed by atoms with Crippen LogP contribution in [0.5, 0.6) is 0 Å². The quantitative estimate of drug-likeness (QED) is 0.170. The van der Waals surface area contributed by atoms with E-state index in [2.05, 4.69) is 193 Å². The molecular formula is C51H34N2S2. The standard InChI is InChI=1S/C51H34N2S2/c1-51(2,31-19-23-45-39(27-31)35-11-3-7-15-43(35)52(45)33-21-25-49-41(29-33)37-13-5-9-17-47(37)54-49)32-20-24-46-40(28-32)36-12-4-8-16-44(36)53(46)34-22-26-50-42(30-34)38-14-6-10-18-48(38)55-50/h3-30H,1-2H3. The van der Waals surface area contributed by atoms with E-state index in [1.54, 1.807) is 0 Å². The molecule has 0 saturated heterocycles. The van der Waals surface area contributed by atoms with Gasteiger partial charge in [-0.2, -0.15) is 0 Å². The van der Waals surface area contributed by atoms with E-state index in [-0.39, 0.29) is 5.41 Å². The Morgan fingerprint density at radius 1 is 0.327 bits per heavy atom. The second-order valence-corrected chi connectivity index (χ2v) is 17.5. The molecule has 55 heavy (non-hydrogen) atoms. The van der Waals surface area contributed by atoms with Crippen LogP contribution in [0.3, 0.4) is 0 Å². The van der Waals surface area contributed by atoms with Crippen LogP contribution in [0.2, 0.25) is 0 Å². The molecule has 4 aromatic heterocycles. The molecule has 0 unspecified atom stereocenters. The summed E-state index contributed by atoms with van der Waals surface area (Å²) in [5.74, 6) is 0. The number of aromatic nitrogens is 2. The van der Waals surface area contributed by atoms with Gasteiger partial charge in [0.05, 0.1) is 22.1 Å². The van der Waals surface area contributed by atoms with Crippen molar-refractivity contribution in [3.63, 3.8) is 0 Å². The molecule has 0 aliphatic carbocycles. The topological polar surface area (TPSA) is 9.86 Å². The molecule has 0 aliphatic heterocycles. The van der Waals surface area contributed by atoms with Gasteiger partial charge < -0.3 is 9.13 Å². The zero-order valence-corrected chi connectivity index (χ0v) is 32.0. The molecule has 4 heteroatoms.